The van der Waals surface area contributed by atoms with Gasteiger partial charge < -0.3 is 5.32 Å². The average Bonchev–Trinajstić information content (AvgIpc) is 2.69. The van der Waals surface area contributed by atoms with E-state index in [0.717, 1.165) is 35.0 Å². The SMILES string of the molecule is CCCCCC(C)NC(=O)c1cc(-c2ccc(C)c(C)c2)nc2ccccc12. The highest BCUT2D eigenvalue weighted by Crippen LogP contribution is 2.26. The second-order valence-electron chi connectivity index (χ2n) is 7.74. The molecule has 1 unspecified atom stereocenters. The van der Waals surface area contributed by atoms with Crippen molar-refractivity contribution < 1.29 is 4.79 Å². The number of hydrogen-bond acceptors (Lipinski definition) is 2. The average molecular weight is 375 g/mol. The number of carbonyl (C=O) groups excluding carboxylic acids is 1. The van der Waals surface area contributed by atoms with E-state index in [0.29, 0.717) is 5.56 Å². The molecule has 0 spiro atoms. The minimum Gasteiger partial charge on any atom is -0.350 e. The quantitative estimate of drug-likeness (QED) is 0.499. The van der Waals surface area contributed by atoms with Crippen molar-refractivity contribution in [1.29, 1.82) is 0 Å². The maximum absolute atomic E-state index is 13.1. The number of para-hydroxylation sites is 1. The van der Waals surface area contributed by atoms with Gasteiger partial charge >= 0.3 is 0 Å². The van der Waals surface area contributed by atoms with Crippen LogP contribution in [0, 0.1) is 13.8 Å². The Hall–Kier alpha value is -2.68. The van der Waals surface area contributed by atoms with E-state index in [9.17, 15) is 4.79 Å². The summed E-state index contributed by atoms with van der Waals surface area (Å²) in [6.45, 7) is 8.49. The van der Waals surface area contributed by atoms with Gasteiger partial charge in [0, 0.05) is 17.0 Å². The van der Waals surface area contributed by atoms with Gasteiger partial charge in [-0.2, -0.15) is 0 Å². The molecule has 0 saturated carbocycles. The number of hydrogen-bond donors (Lipinski definition) is 1. The van der Waals surface area contributed by atoms with Crippen LogP contribution < -0.4 is 5.32 Å². The lowest BCUT2D eigenvalue weighted by Crippen LogP contribution is -2.32. The zero-order valence-corrected chi connectivity index (χ0v) is 17.4. The Morgan fingerprint density at radius 3 is 2.57 bits per heavy atom. The molecule has 3 nitrogen and oxygen atoms in total. The van der Waals surface area contributed by atoms with Crippen molar-refractivity contribution in [2.75, 3.05) is 0 Å². The number of rotatable bonds is 7. The normalized spacial score (nSPS) is 12.1. The molecule has 3 heteroatoms. The number of aromatic nitrogens is 1. The first-order chi connectivity index (χ1) is 13.5. The lowest BCUT2D eigenvalue weighted by atomic mass is 10.0. The summed E-state index contributed by atoms with van der Waals surface area (Å²) in [5, 5.41) is 4.08. The van der Waals surface area contributed by atoms with Crippen molar-refractivity contribution in [2.45, 2.75) is 59.4 Å². The summed E-state index contributed by atoms with van der Waals surface area (Å²) in [5.74, 6) is -0.0207. The van der Waals surface area contributed by atoms with Crippen LogP contribution >= 0.6 is 0 Å². The molecule has 0 aliphatic heterocycles. The van der Waals surface area contributed by atoms with E-state index < -0.39 is 0 Å². The van der Waals surface area contributed by atoms with E-state index in [1.54, 1.807) is 0 Å². The highest BCUT2D eigenvalue weighted by molar-refractivity contribution is 6.07. The predicted octanol–water partition coefficient (Wildman–Crippen LogP) is 6.22. The number of nitrogens with zero attached hydrogens (tertiary/aromatic N) is 1. The standard InChI is InChI=1S/C25H30N2O/c1-5-6-7-10-19(4)26-25(28)22-16-24(20-14-13-17(2)18(3)15-20)27-23-12-9-8-11-21(22)23/h8-9,11-16,19H,5-7,10H2,1-4H3,(H,26,28). The lowest BCUT2D eigenvalue weighted by Gasteiger charge is -2.16. The summed E-state index contributed by atoms with van der Waals surface area (Å²) in [4.78, 5) is 17.9. The van der Waals surface area contributed by atoms with Gasteiger partial charge in [0.25, 0.3) is 5.91 Å². The Morgan fingerprint density at radius 2 is 1.82 bits per heavy atom. The highest BCUT2D eigenvalue weighted by Gasteiger charge is 2.16. The zero-order chi connectivity index (χ0) is 20.1. The molecule has 3 rings (SSSR count). The van der Waals surface area contributed by atoms with Gasteiger partial charge in [-0.05, 0) is 56.5 Å². The number of nitrogens with one attached hydrogen (secondary N) is 1. The fourth-order valence-electron chi connectivity index (χ4n) is 3.49. The van der Waals surface area contributed by atoms with Crippen LogP contribution in [0.4, 0.5) is 0 Å². The van der Waals surface area contributed by atoms with Crippen molar-refractivity contribution in [3.63, 3.8) is 0 Å². The van der Waals surface area contributed by atoms with Crippen molar-refractivity contribution in [2.24, 2.45) is 0 Å². The Morgan fingerprint density at radius 1 is 1.04 bits per heavy atom. The summed E-state index contributed by atoms with van der Waals surface area (Å²) in [6, 6.07) is 16.3. The van der Waals surface area contributed by atoms with E-state index in [1.807, 2.05) is 30.3 Å². The Kier molecular flexibility index (Phi) is 6.45. The maximum Gasteiger partial charge on any atom is 0.252 e. The molecule has 146 valence electrons. The smallest absolute Gasteiger partial charge is 0.252 e. The van der Waals surface area contributed by atoms with E-state index in [-0.39, 0.29) is 11.9 Å². The number of aryl methyl sites for hydroxylation is 2. The molecule has 0 radical (unpaired) electrons. The summed E-state index contributed by atoms with van der Waals surface area (Å²) >= 11 is 0. The second-order valence-corrected chi connectivity index (χ2v) is 7.74. The van der Waals surface area contributed by atoms with E-state index in [2.05, 4.69) is 51.2 Å². The molecule has 1 atom stereocenters. The third-order valence-corrected chi connectivity index (χ3v) is 5.38. The maximum atomic E-state index is 13.1. The fraction of sp³-hybridized carbons (Fsp3) is 0.360. The molecule has 1 amide bonds. The largest absolute Gasteiger partial charge is 0.350 e. The third kappa shape index (κ3) is 4.59. The molecule has 0 aliphatic carbocycles. The number of carbonyl (C=O) groups is 1. The topological polar surface area (TPSA) is 42.0 Å². The molecule has 28 heavy (non-hydrogen) atoms. The van der Waals surface area contributed by atoms with E-state index in [4.69, 9.17) is 4.98 Å². The molecule has 3 aromatic rings. The van der Waals surface area contributed by atoms with E-state index in [1.165, 1.54) is 24.0 Å². The first kappa shape index (κ1) is 20.1. The number of pyridine rings is 1. The van der Waals surface area contributed by atoms with E-state index >= 15 is 0 Å². The number of unbranched alkanes of at least 4 members (excludes halogenated alkanes) is 2. The van der Waals surface area contributed by atoms with Gasteiger partial charge in [-0.1, -0.05) is 56.5 Å². The molecule has 0 saturated heterocycles. The number of benzene rings is 2. The lowest BCUT2D eigenvalue weighted by molar-refractivity contribution is 0.0939. The van der Waals surface area contributed by atoms with Crippen molar-refractivity contribution in [1.82, 2.24) is 10.3 Å². The van der Waals surface area contributed by atoms with Crippen LogP contribution in [0.5, 0.6) is 0 Å². The molecule has 1 aromatic heterocycles. The van der Waals surface area contributed by atoms with Crippen LogP contribution in [-0.2, 0) is 0 Å². The van der Waals surface area contributed by atoms with Gasteiger partial charge in [0.2, 0.25) is 0 Å². The minimum atomic E-state index is -0.0207. The highest BCUT2D eigenvalue weighted by atomic mass is 16.1. The van der Waals surface area contributed by atoms with Crippen LogP contribution in [0.15, 0.2) is 48.5 Å². The molecule has 0 fully saturated rings. The molecule has 0 bridgehead atoms. The molecule has 1 N–H and O–H groups in total. The zero-order valence-electron chi connectivity index (χ0n) is 17.4. The molecular formula is C25H30N2O. The van der Waals surface area contributed by atoms with Gasteiger partial charge in [-0.15, -0.1) is 0 Å². The van der Waals surface area contributed by atoms with Crippen LogP contribution in [0.25, 0.3) is 22.2 Å². The third-order valence-electron chi connectivity index (χ3n) is 5.38. The van der Waals surface area contributed by atoms with Crippen LogP contribution in [0.3, 0.4) is 0 Å². The van der Waals surface area contributed by atoms with Crippen LogP contribution in [0.1, 0.15) is 61.0 Å². The second kappa shape index (κ2) is 9.01. The summed E-state index contributed by atoms with van der Waals surface area (Å²) in [7, 11) is 0. The van der Waals surface area contributed by atoms with Gasteiger partial charge in [-0.3, -0.25) is 4.79 Å². The van der Waals surface area contributed by atoms with Crippen molar-refractivity contribution in [3.8, 4) is 11.3 Å². The Bertz CT molecular complexity index is 977. The summed E-state index contributed by atoms with van der Waals surface area (Å²) in [5.41, 5.74) is 5.90. The number of amides is 1. The Balaban J connectivity index is 1.96. The molecule has 2 aromatic carbocycles. The van der Waals surface area contributed by atoms with Gasteiger partial charge in [0.1, 0.15) is 0 Å². The first-order valence-corrected chi connectivity index (χ1v) is 10.3. The monoisotopic (exact) mass is 374 g/mol. The van der Waals surface area contributed by atoms with Crippen molar-refractivity contribution >= 4 is 16.8 Å². The summed E-state index contributed by atoms with van der Waals surface area (Å²) in [6.07, 6.45) is 4.54. The van der Waals surface area contributed by atoms with Gasteiger partial charge in [-0.25, -0.2) is 4.98 Å². The van der Waals surface area contributed by atoms with Gasteiger partial charge in [0.15, 0.2) is 0 Å². The molecular weight excluding hydrogens is 344 g/mol. The van der Waals surface area contributed by atoms with Gasteiger partial charge in [0.05, 0.1) is 16.8 Å². The Labute approximate surface area is 168 Å². The minimum absolute atomic E-state index is 0.0207. The fourth-order valence-corrected chi connectivity index (χ4v) is 3.49. The number of fused-ring (bicyclic) bond motifs is 1. The van der Waals surface area contributed by atoms with Crippen LogP contribution in [-0.4, -0.2) is 16.9 Å². The first-order valence-electron chi connectivity index (χ1n) is 10.3. The van der Waals surface area contributed by atoms with Crippen molar-refractivity contribution in [3.05, 3.63) is 65.2 Å². The molecule has 0 aliphatic rings. The summed E-state index contributed by atoms with van der Waals surface area (Å²) < 4.78 is 0. The molecule has 1 heterocycles. The van der Waals surface area contributed by atoms with Crippen LogP contribution in [0.2, 0.25) is 0 Å². The predicted molar refractivity (Wildman–Crippen MR) is 118 cm³/mol.